The van der Waals surface area contributed by atoms with Crippen LogP contribution >= 0.6 is 0 Å². The zero-order valence-electron chi connectivity index (χ0n) is 16.9. The Morgan fingerprint density at radius 1 is 1.06 bits per heavy atom. The Kier molecular flexibility index (Phi) is 6.41. The monoisotopic (exact) mass is 453 g/mol. The van der Waals surface area contributed by atoms with E-state index < -0.39 is 15.8 Å². The fourth-order valence-electron chi connectivity index (χ4n) is 2.97. The number of hydrogen-bond donors (Lipinski definition) is 0. The number of ether oxygens (including phenoxy) is 1. The van der Waals surface area contributed by atoms with Crippen LogP contribution in [0.2, 0.25) is 0 Å². The number of carbonyl (C=O) groups excluding carboxylic acids is 1. The molecular formula is C22H19N3O6S. The molecule has 0 aliphatic carbocycles. The lowest BCUT2D eigenvalue weighted by molar-refractivity contribution is 0.0461. The molecule has 0 saturated carbocycles. The van der Waals surface area contributed by atoms with Crippen molar-refractivity contribution in [2.45, 2.75) is 23.5 Å². The normalized spacial score (nSPS) is 11.4. The highest BCUT2D eigenvalue weighted by atomic mass is 32.2. The number of pyridine rings is 1. The van der Waals surface area contributed by atoms with Crippen molar-refractivity contribution in [3.05, 3.63) is 84.4 Å². The fraction of sp³-hybridized carbons (Fsp3) is 0.182. The van der Waals surface area contributed by atoms with Gasteiger partial charge in [0.1, 0.15) is 0 Å². The van der Waals surface area contributed by atoms with E-state index in [1.165, 1.54) is 24.5 Å². The van der Waals surface area contributed by atoms with Crippen LogP contribution in [0.4, 0.5) is 0 Å². The highest BCUT2D eigenvalue weighted by Gasteiger charge is 2.23. The van der Waals surface area contributed by atoms with Crippen LogP contribution in [-0.2, 0) is 26.7 Å². The molecule has 9 nitrogen and oxygen atoms in total. The summed E-state index contributed by atoms with van der Waals surface area (Å²) >= 11 is 0. The van der Waals surface area contributed by atoms with E-state index in [4.69, 9.17) is 13.7 Å². The number of furan rings is 1. The van der Waals surface area contributed by atoms with Crippen LogP contribution < -0.4 is 0 Å². The Hall–Kier alpha value is -3.79. The number of benzene rings is 1. The lowest BCUT2D eigenvalue weighted by Gasteiger charge is -2.06. The molecule has 0 atom stereocenters. The zero-order valence-corrected chi connectivity index (χ0v) is 17.7. The first-order valence-corrected chi connectivity index (χ1v) is 11.4. The molecule has 4 rings (SSSR count). The summed E-state index contributed by atoms with van der Waals surface area (Å²) in [6.45, 7) is 0.0784. The fourth-order valence-corrected chi connectivity index (χ4v) is 4.34. The van der Waals surface area contributed by atoms with Gasteiger partial charge in [0.05, 0.1) is 23.5 Å². The van der Waals surface area contributed by atoms with Crippen LogP contribution in [-0.4, -0.2) is 36.1 Å². The Bertz CT molecular complexity index is 1280. The summed E-state index contributed by atoms with van der Waals surface area (Å²) in [5, 5.41) is 3.91. The summed E-state index contributed by atoms with van der Waals surface area (Å²) < 4.78 is 40.8. The van der Waals surface area contributed by atoms with E-state index in [-0.39, 0.29) is 28.6 Å². The van der Waals surface area contributed by atoms with Crippen LogP contribution in [0.1, 0.15) is 28.4 Å². The van der Waals surface area contributed by atoms with Gasteiger partial charge in [-0.3, -0.25) is 4.98 Å². The van der Waals surface area contributed by atoms with E-state index >= 15 is 0 Å². The molecule has 0 saturated heterocycles. The number of aryl methyl sites for hydroxylation is 1. The minimum absolute atomic E-state index is 0.0784. The number of esters is 1. The first-order chi connectivity index (χ1) is 15.5. The van der Waals surface area contributed by atoms with Gasteiger partial charge in [-0.1, -0.05) is 23.4 Å². The van der Waals surface area contributed by atoms with Gasteiger partial charge in [0.2, 0.25) is 17.5 Å². The molecule has 0 aliphatic rings. The Morgan fingerprint density at radius 2 is 1.91 bits per heavy atom. The number of carbonyl (C=O) groups is 1. The quantitative estimate of drug-likeness (QED) is 0.276. The molecule has 32 heavy (non-hydrogen) atoms. The summed E-state index contributed by atoms with van der Waals surface area (Å²) in [5.74, 6) is -0.370. The molecule has 0 spiro atoms. The lowest BCUT2D eigenvalue weighted by atomic mass is 10.2. The predicted molar refractivity (Wildman–Crippen MR) is 112 cm³/mol. The van der Waals surface area contributed by atoms with E-state index in [0.717, 1.165) is 5.56 Å². The van der Waals surface area contributed by atoms with E-state index in [9.17, 15) is 13.2 Å². The number of nitrogens with zero attached hydrogens (tertiary/aromatic N) is 3. The second-order valence-electron chi connectivity index (χ2n) is 6.84. The highest BCUT2D eigenvalue weighted by Crippen LogP contribution is 2.21. The van der Waals surface area contributed by atoms with Gasteiger partial charge in [0.25, 0.3) is 0 Å². The molecule has 0 bridgehead atoms. The summed E-state index contributed by atoms with van der Waals surface area (Å²) in [6.07, 6.45) is 5.41. The lowest BCUT2D eigenvalue weighted by Crippen LogP contribution is -2.11. The molecule has 0 aliphatic heterocycles. The molecular weight excluding hydrogens is 434 g/mol. The molecule has 0 radical (unpaired) electrons. The number of aromatic nitrogens is 3. The maximum Gasteiger partial charge on any atom is 0.374 e. The van der Waals surface area contributed by atoms with Gasteiger partial charge in [-0.15, -0.1) is 0 Å². The first kappa shape index (κ1) is 21.4. The van der Waals surface area contributed by atoms with Gasteiger partial charge in [0.15, 0.2) is 9.84 Å². The third-order valence-corrected chi connectivity index (χ3v) is 6.22. The molecule has 4 aromatic rings. The van der Waals surface area contributed by atoms with Gasteiger partial charge in [-0.25, -0.2) is 13.2 Å². The highest BCUT2D eigenvalue weighted by molar-refractivity contribution is 7.90. The van der Waals surface area contributed by atoms with Crippen molar-refractivity contribution in [2.24, 2.45) is 0 Å². The average Bonchev–Trinajstić information content (AvgIpc) is 3.47. The Labute approximate surface area is 184 Å². The Morgan fingerprint density at radius 3 is 2.69 bits per heavy atom. The zero-order chi connectivity index (χ0) is 22.4. The second kappa shape index (κ2) is 9.56. The predicted octanol–water partition coefficient (Wildman–Crippen LogP) is 3.49. The van der Waals surface area contributed by atoms with E-state index in [2.05, 4.69) is 15.1 Å². The summed E-state index contributed by atoms with van der Waals surface area (Å²) in [6, 6.07) is 13.1. The molecule has 0 N–H and O–H groups in total. The third-order valence-electron chi connectivity index (χ3n) is 4.54. The van der Waals surface area contributed by atoms with Gasteiger partial charge in [-0.05, 0) is 36.8 Å². The molecule has 164 valence electrons. The van der Waals surface area contributed by atoms with Crippen molar-refractivity contribution in [3.63, 3.8) is 0 Å². The minimum atomic E-state index is -3.62. The van der Waals surface area contributed by atoms with Crippen molar-refractivity contribution in [1.82, 2.24) is 15.1 Å². The van der Waals surface area contributed by atoms with E-state index in [1.807, 2.05) is 6.07 Å². The molecule has 1 aromatic carbocycles. The molecule has 3 aromatic heterocycles. The summed E-state index contributed by atoms with van der Waals surface area (Å²) in [5.41, 5.74) is 0.988. The number of sulfone groups is 1. The standard InChI is InChI=1S/C22H19N3O6S/c26-22(20-17(10-13-29-20)15-32(27,28)18-7-2-1-3-8-18)30-12-5-9-19-24-21(25-31-19)16-6-4-11-23-14-16/h1-4,6-8,10-11,13-14H,5,9,12,15H2. The van der Waals surface area contributed by atoms with Crippen molar-refractivity contribution in [1.29, 1.82) is 0 Å². The molecule has 0 unspecified atom stereocenters. The van der Waals surface area contributed by atoms with Crippen molar-refractivity contribution >= 4 is 15.8 Å². The van der Waals surface area contributed by atoms with E-state index in [1.54, 1.807) is 36.7 Å². The molecule has 3 heterocycles. The Balaban J connectivity index is 1.30. The van der Waals surface area contributed by atoms with E-state index in [0.29, 0.717) is 24.6 Å². The largest absolute Gasteiger partial charge is 0.460 e. The SMILES string of the molecule is O=C(OCCCc1nc(-c2cccnc2)no1)c1occc1CS(=O)(=O)c1ccccc1. The van der Waals surface area contributed by atoms with Crippen LogP contribution in [0.5, 0.6) is 0 Å². The summed E-state index contributed by atoms with van der Waals surface area (Å²) in [7, 11) is -3.62. The topological polar surface area (TPSA) is 125 Å². The maximum absolute atomic E-state index is 12.6. The smallest absolute Gasteiger partial charge is 0.374 e. The molecule has 0 fully saturated rings. The van der Waals surface area contributed by atoms with Gasteiger partial charge in [0, 0.05) is 29.9 Å². The molecule has 0 amide bonds. The maximum atomic E-state index is 12.6. The second-order valence-corrected chi connectivity index (χ2v) is 8.83. The average molecular weight is 453 g/mol. The number of rotatable bonds is 9. The van der Waals surface area contributed by atoms with Crippen molar-refractivity contribution < 1.29 is 26.9 Å². The van der Waals surface area contributed by atoms with Gasteiger partial charge in [-0.2, -0.15) is 4.98 Å². The van der Waals surface area contributed by atoms with Crippen LogP contribution in [0.15, 0.2) is 81.0 Å². The van der Waals surface area contributed by atoms with Crippen molar-refractivity contribution in [2.75, 3.05) is 6.61 Å². The van der Waals surface area contributed by atoms with Crippen LogP contribution in [0, 0.1) is 0 Å². The summed E-state index contributed by atoms with van der Waals surface area (Å²) in [4.78, 5) is 20.8. The number of hydrogen-bond acceptors (Lipinski definition) is 9. The minimum Gasteiger partial charge on any atom is -0.460 e. The van der Waals surface area contributed by atoms with Crippen LogP contribution in [0.25, 0.3) is 11.4 Å². The van der Waals surface area contributed by atoms with Gasteiger partial charge < -0.3 is 13.7 Å². The van der Waals surface area contributed by atoms with Crippen molar-refractivity contribution in [3.8, 4) is 11.4 Å². The van der Waals surface area contributed by atoms with Crippen LogP contribution in [0.3, 0.4) is 0 Å². The first-order valence-electron chi connectivity index (χ1n) is 9.77. The third kappa shape index (κ3) is 5.09. The van der Waals surface area contributed by atoms with Gasteiger partial charge >= 0.3 is 5.97 Å². The molecule has 10 heteroatoms.